The maximum absolute atomic E-state index is 5.91. The molecule has 1 aliphatic heterocycles. The predicted octanol–water partition coefficient (Wildman–Crippen LogP) is 4.43. The number of rotatable bonds is 8. The first-order valence-corrected chi connectivity index (χ1v) is 10.2. The van der Waals surface area contributed by atoms with Gasteiger partial charge >= 0.3 is 0 Å². The fourth-order valence-corrected chi connectivity index (χ4v) is 4.01. The molecule has 2 heterocycles. The van der Waals surface area contributed by atoms with Crippen LogP contribution in [0.15, 0.2) is 54.6 Å². The molecule has 0 radical (unpaired) electrons. The average molecular weight is 392 g/mol. The number of pyridine rings is 1. The molecule has 1 aliphatic rings. The first kappa shape index (κ1) is 19.7. The van der Waals surface area contributed by atoms with Crippen LogP contribution in [0.25, 0.3) is 10.9 Å². The Morgan fingerprint density at radius 3 is 2.69 bits per heavy atom. The van der Waals surface area contributed by atoms with E-state index in [9.17, 15) is 0 Å². The van der Waals surface area contributed by atoms with E-state index < -0.39 is 0 Å². The molecule has 0 spiro atoms. The van der Waals surface area contributed by atoms with E-state index in [1.807, 2.05) is 24.3 Å². The van der Waals surface area contributed by atoms with Crippen molar-refractivity contribution >= 4 is 10.9 Å². The molecule has 0 bridgehead atoms. The van der Waals surface area contributed by atoms with Crippen LogP contribution in [0.3, 0.4) is 0 Å². The van der Waals surface area contributed by atoms with Gasteiger partial charge in [0.1, 0.15) is 0 Å². The largest absolute Gasteiger partial charge is 0.493 e. The number of methoxy groups -OCH3 is 2. The number of hydrogen-bond acceptors (Lipinski definition) is 5. The van der Waals surface area contributed by atoms with Crippen molar-refractivity contribution in [3.63, 3.8) is 0 Å². The van der Waals surface area contributed by atoms with Gasteiger partial charge in [-0.25, -0.2) is 0 Å². The van der Waals surface area contributed by atoms with Gasteiger partial charge in [-0.15, -0.1) is 0 Å². The van der Waals surface area contributed by atoms with Crippen LogP contribution in [0.5, 0.6) is 11.5 Å². The third-order valence-electron chi connectivity index (χ3n) is 5.41. The van der Waals surface area contributed by atoms with E-state index in [1.54, 1.807) is 14.2 Å². The fraction of sp³-hybridized carbons (Fsp3) is 0.375. The van der Waals surface area contributed by atoms with Crippen LogP contribution in [0.1, 0.15) is 24.1 Å². The predicted molar refractivity (Wildman–Crippen MR) is 114 cm³/mol. The molecule has 1 saturated heterocycles. The number of benzene rings is 2. The minimum Gasteiger partial charge on any atom is -0.493 e. The third-order valence-corrected chi connectivity index (χ3v) is 5.41. The second-order valence-corrected chi connectivity index (χ2v) is 7.45. The van der Waals surface area contributed by atoms with Gasteiger partial charge in [0.2, 0.25) is 0 Å². The Kier molecular flexibility index (Phi) is 6.27. The lowest BCUT2D eigenvalue weighted by molar-refractivity contribution is 0.0672. The standard InChI is InChI=1S/C24H28N2O3/c1-27-23-11-5-8-19(24(23)28-2)15-26(17-21-9-6-14-29-21)16-20-13-12-18-7-3-4-10-22(18)25-20/h3-5,7-8,10-13,21H,6,9,14-17H2,1-2H3. The van der Waals surface area contributed by atoms with Gasteiger partial charge in [-0.3, -0.25) is 9.88 Å². The molecule has 4 rings (SSSR count). The lowest BCUT2D eigenvalue weighted by atomic mass is 10.1. The molecule has 5 nitrogen and oxygen atoms in total. The molecule has 29 heavy (non-hydrogen) atoms. The van der Waals surface area contributed by atoms with Crippen LogP contribution in [0, 0.1) is 0 Å². The van der Waals surface area contributed by atoms with Gasteiger partial charge in [0.05, 0.1) is 31.5 Å². The van der Waals surface area contributed by atoms with Gasteiger partial charge in [-0.1, -0.05) is 36.4 Å². The summed E-state index contributed by atoms with van der Waals surface area (Å²) < 4.78 is 17.0. The fourth-order valence-electron chi connectivity index (χ4n) is 4.01. The zero-order valence-electron chi connectivity index (χ0n) is 17.1. The van der Waals surface area contributed by atoms with Crippen molar-refractivity contribution in [2.45, 2.75) is 32.0 Å². The molecule has 1 fully saturated rings. The highest BCUT2D eigenvalue weighted by molar-refractivity contribution is 5.78. The average Bonchev–Trinajstić information content (AvgIpc) is 3.26. The Morgan fingerprint density at radius 2 is 1.90 bits per heavy atom. The smallest absolute Gasteiger partial charge is 0.165 e. The summed E-state index contributed by atoms with van der Waals surface area (Å²) >= 11 is 0. The van der Waals surface area contributed by atoms with Crippen molar-refractivity contribution in [2.75, 3.05) is 27.4 Å². The highest BCUT2D eigenvalue weighted by Gasteiger charge is 2.21. The Hall–Kier alpha value is -2.63. The molecule has 1 unspecified atom stereocenters. The number of nitrogens with zero attached hydrogens (tertiary/aromatic N) is 2. The van der Waals surface area contributed by atoms with Gasteiger partial charge in [0, 0.05) is 37.2 Å². The maximum atomic E-state index is 5.91. The minimum absolute atomic E-state index is 0.270. The number of hydrogen-bond donors (Lipinski definition) is 0. The molecule has 0 saturated carbocycles. The van der Waals surface area contributed by atoms with Crippen LogP contribution in [0.4, 0.5) is 0 Å². The first-order chi connectivity index (χ1) is 14.3. The topological polar surface area (TPSA) is 43.8 Å². The molecule has 152 valence electrons. The summed E-state index contributed by atoms with van der Waals surface area (Å²) in [6.45, 7) is 3.23. The molecule has 1 aromatic heterocycles. The Labute approximate surface area is 172 Å². The molecule has 0 amide bonds. The molecule has 0 N–H and O–H groups in total. The molecule has 2 aromatic carbocycles. The molecule has 0 aliphatic carbocycles. The monoisotopic (exact) mass is 392 g/mol. The normalized spacial score (nSPS) is 16.4. The summed E-state index contributed by atoms with van der Waals surface area (Å²) in [5, 5.41) is 1.16. The quantitative estimate of drug-likeness (QED) is 0.567. The van der Waals surface area contributed by atoms with E-state index in [-0.39, 0.29) is 6.10 Å². The molecule has 1 atom stereocenters. The van der Waals surface area contributed by atoms with Crippen molar-refractivity contribution in [1.29, 1.82) is 0 Å². The second kappa shape index (κ2) is 9.25. The van der Waals surface area contributed by atoms with E-state index >= 15 is 0 Å². The van der Waals surface area contributed by atoms with E-state index in [4.69, 9.17) is 19.2 Å². The summed E-state index contributed by atoms with van der Waals surface area (Å²) in [6.07, 6.45) is 2.51. The van der Waals surface area contributed by atoms with Crippen molar-refractivity contribution in [3.8, 4) is 11.5 Å². The van der Waals surface area contributed by atoms with Gasteiger partial charge in [0.25, 0.3) is 0 Å². The van der Waals surface area contributed by atoms with Crippen molar-refractivity contribution in [2.24, 2.45) is 0 Å². The number of fused-ring (bicyclic) bond motifs is 1. The molecule has 5 heteroatoms. The van der Waals surface area contributed by atoms with E-state index in [0.717, 1.165) is 72.7 Å². The zero-order chi connectivity index (χ0) is 20.1. The van der Waals surface area contributed by atoms with Crippen LogP contribution in [0.2, 0.25) is 0 Å². The summed E-state index contributed by atoms with van der Waals surface area (Å²) in [4.78, 5) is 7.26. The van der Waals surface area contributed by atoms with Gasteiger partial charge < -0.3 is 14.2 Å². The molecular formula is C24H28N2O3. The van der Waals surface area contributed by atoms with Gasteiger partial charge in [-0.05, 0) is 31.0 Å². The lowest BCUT2D eigenvalue weighted by Gasteiger charge is -2.26. The molecular weight excluding hydrogens is 364 g/mol. The zero-order valence-corrected chi connectivity index (χ0v) is 17.1. The van der Waals surface area contributed by atoms with E-state index in [1.165, 1.54) is 0 Å². The Balaban J connectivity index is 1.59. The lowest BCUT2D eigenvalue weighted by Crippen LogP contribution is -2.32. The molecule has 3 aromatic rings. The van der Waals surface area contributed by atoms with Crippen LogP contribution >= 0.6 is 0 Å². The summed E-state index contributed by atoms with van der Waals surface area (Å²) in [5.41, 5.74) is 3.19. The highest BCUT2D eigenvalue weighted by Crippen LogP contribution is 2.32. The van der Waals surface area contributed by atoms with E-state index in [0.29, 0.717) is 0 Å². The van der Waals surface area contributed by atoms with Crippen LogP contribution < -0.4 is 9.47 Å². The first-order valence-electron chi connectivity index (χ1n) is 10.2. The minimum atomic E-state index is 0.270. The Morgan fingerprint density at radius 1 is 1.00 bits per heavy atom. The number of para-hydroxylation sites is 2. The number of ether oxygens (including phenoxy) is 3. The maximum Gasteiger partial charge on any atom is 0.165 e. The number of aromatic nitrogens is 1. The third kappa shape index (κ3) is 4.69. The van der Waals surface area contributed by atoms with Crippen LogP contribution in [-0.4, -0.2) is 43.4 Å². The summed E-state index contributed by atoms with van der Waals surface area (Å²) in [6, 6.07) is 18.5. The highest BCUT2D eigenvalue weighted by atomic mass is 16.5. The van der Waals surface area contributed by atoms with Crippen molar-refractivity contribution in [3.05, 3.63) is 65.9 Å². The Bertz CT molecular complexity index is 954. The van der Waals surface area contributed by atoms with Gasteiger partial charge in [0.15, 0.2) is 11.5 Å². The van der Waals surface area contributed by atoms with Crippen molar-refractivity contribution < 1.29 is 14.2 Å². The summed E-state index contributed by atoms with van der Waals surface area (Å²) in [7, 11) is 3.36. The van der Waals surface area contributed by atoms with Crippen LogP contribution in [-0.2, 0) is 17.8 Å². The SMILES string of the molecule is COc1cccc(CN(Cc2ccc3ccccc3n2)CC2CCCO2)c1OC. The van der Waals surface area contributed by atoms with E-state index in [2.05, 4.69) is 35.2 Å². The second-order valence-electron chi connectivity index (χ2n) is 7.45. The van der Waals surface area contributed by atoms with Gasteiger partial charge in [-0.2, -0.15) is 0 Å². The van der Waals surface area contributed by atoms with Crippen molar-refractivity contribution in [1.82, 2.24) is 9.88 Å². The summed E-state index contributed by atoms with van der Waals surface area (Å²) in [5.74, 6) is 1.55.